The molecule has 0 heterocycles. The molecular weight excluding hydrogens is 158 g/mol. The summed E-state index contributed by atoms with van der Waals surface area (Å²) in [6, 6.07) is 0. The SMILES string of the molecule is C=C/C=C(\C=C)NC1=CCCC=C1. The predicted molar refractivity (Wildman–Crippen MR) is 58.1 cm³/mol. The fourth-order valence-corrected chi connectivity index (χ4v) is 1.16. The van der Waals surface area contributed by atoms with Gasteiger partial charge in [-0.25, -0.2) is 0 Å². The standard InChI is InChI=1S/C12H15N/c1-3-8-11(4-2)13-12-9-6-5-7-10-12/h3-4,6,8-10,13H,1-2,5,7H2/b11-8+. The fraction of sp³-hybridized carbons (Fsp3) is 0.167. The van der Waals surface area contributed by atoms with Crippen LogP contribution in [0.25, 0.3) is 0 Å². The summed E-state index contributed by atoms with van der Waals surface area (Å²) < 4.78 is 0. The Hall–Kier alpha value is -1.50. The van der Waals surface area contributed by atoms with Gasteiger partial charge in [-0.2, -0.15) is 0 Å². The van der Waals surface area contributed by atoms with Gasteiger partial charge in [-0.1, -0.05) is 31.4 Å². The summed E-state index contributed by atoms with van der Waals surface area (Å²) in [6.07, 6.45) is 14.1. The maximum absolute atomic E-state index is 3.72. The summed E-state index contributed by atoms with van der Waals surface area (Å²) in [6.45, 7) is 7.36. The molecule has 1 rings (SSSR count). The number of hydrogen-bond donors (Lipinski definition) is 1. The molecule has 13 heavy (non-hydrogen) atoms. The predicted octanol–water partition coefficient (Wildman–Crippen LogP) is 3.07. The van der Waals surface area contributed by atoms with Crippen LogP contribution in [0.1, 0.15) is 12.8 Å². The third kappa shape index (κ3) is 3.16. The van der Waals surface area contributed by atoms with Crippen molar-refractivity contribution in [3.63, 3.8) is 0 Å². The maximum atomic E-state index is 3.72. The van der Waals surface area contributed by atoms with Gasteiger partial charge in [-0.05, 0) is 31.1 Å². The highest BCUT2D eigenvalue weighted by Crippen LogP contribution is 2.08. The van der Waals surface area contributed by atoms with Crippen molar-refractivity contribution < 1.29 is 0 Å². The van der Waals surface area contributed by atoms with Crippen LogP contribution in [0.15, 0.2) is 61.0 Å². The van der Waals surface area contributed by atoms with Gasteiger partial charge in [0.15, 0.2) is 0 Å². The highest BCUT2D eigenvalue weighted by atomic mass is 14.9. The molecule has 0 unspecified atom stereocenters. The van der Waals surface area contributed by atoms with Crippen LogP contribution in [-0.2, 0) is 0 Å². The van der Waals surface area contributed by atoms with Crippen molar-refractivity contribution >= 4 is 0 Å². The molecule has 0 atom stereocenters. The molecule has 0 aromatic carbocycles. The van der Waals surface area contributed by atoms with Gasteiger partial charge in [0.2, 0.25) is 0 Å². The van der Waals surface area contributed by atoms with Crippen molar-refractivity contribution in [1.29, 1.82) is 0 Å². The first kappa shape index (κ1) is 9.59. The van der Waals surface area contributed by atoms with Gasteiger partial charge >= 0.3 is 0 Å². The van der Waals surface area contributed by atoms with Gasteiger partial charge in [0, 0.05) is 11.4 Å². The van der Waals surface area contributed by atoms with Crippen molar-refractivity contribution in [3.05, 3.63) is 61.0 Å². The van der Waals surface area contributed by atoms with Crippen LogP contribution in [0.5, 0.6) is 0 Å². The smallest absolute Gasteiger partial charge is 0.0377 e. The molecule has 68 valence electrons. The minimum Gasteiger partial charge on any atom is -0.356 e. The minimum atomic E-state index is 0.979. The van der Waals surface area contributed by atoms with E-state index in [0.717, 1.165) is 24.2 Å². The topological polar surface area (TPSA) is 12.0 Å². The Bertz CT molecular complexity index is 279. The van der Waals surface area contributed by atoms with Crippen LogP contribution in [0, 0.1) is 0 Å². The number of allylic oxidation sites excluding steroid dienone is 6. The number of hydrogen-bond acceptors (Lipinski definition) is 1. The molecule has 0 spiro atoms. The lowest BCUT2D eigenvalue weighted by molar-refractivity contribution is 0.949. The van der Waals surface area contributed by atoms with Crippen LogP contribution < -0.4 is 5.32 Å². The zero-order valence-electron chi connectivity index (χ0n) is 7.79. The molecule has 0 fully saturated rings. The molecule has 1 N–H and O–H groups in total. The van der Waals surface area contributed by atoms with Gasteiger partial charge < -0.3 is 5.32 Å². The van der Waals surface area contributed by atoms with Crippen LogP contribution in [-0.4, -0.2) is 0 Å². The molecule has 0 aliphatic heterocycles. The molecular formula is C12H15N. The minimum absolute atomic E-state index is 0.979. The Balaban J connectivity index is 2.60. The molecule has 1 heteroatoms. The third-order valence-electron chi connectivity index (χ3n) is 1.80. The normalized spacial score (nSPS) is 16.3. The highest BCUT2D eigenvalue weighted by molar-refractivity contribution is 5.30. The summed E-state index contributed by atoms with van der Waals surface area (Å²) >= 11 is 0. The lowest BCUT2D eigenvalue weighted by Gasteiger charge is -2.10. The molecule has 1 nitrogen and oxygen atoms in total. The Labute approximate surface area is 79.8 Å². The van der Waals surface area contributed by atoms with Crippen LogP contribution in [0.4, 0.5) is 0 Å². The lowest BCUT2D eigenvalue weighted by atomic mass is 10.1. The van der Waals surface area contributed by atoms with Gasteiger partial charge in [-0.3, -0.25) is 0 Å². The average Bonchev–Trinajstić information content (AvgIpc) is 2.19. The Morgan fingerprint density at radius 3 is 2.77 bits per heavy atom. The second kappa shape index (κ2) is 5.20. The zero-order chi connectivity index (χ0) is 9.52. The molecule has 0 saturated heterocycles. The summed E-state index contributed by atoms with van der Waals surface area (Å²) in [7, 11) is 0. The van der Waals surface area contributed by atoms with E-state index in [1.165, 1.54) is 0 Å². The lowest BCUT2D eigenvalue weighted by Crippen LogP contribution is -2.10. The van der Waals surface area contributed by atoms with E-state index < -0.39 is 0 Å². The molecule has 0 amide bonds. The fourth-order valence-electron chi connectivity index (χ4n) is 1.16. The van der Waals surface area contributed by atoms with E-state index in [1.807, 2.05) is 6.08 Å². The van der Waals surface area contributed by atoms with E-state index in [9.17, 15) is 0 Å². The van der Waals surface area contributed by atoms with Crippen LogP contribution in [0.2, 0.25) is 0 Å². The van der Waals surface area contributed by atoms with E-state index in [0.29, 0.717) is 0 Å². The van der Waals surface area contributed by atoms with Gasteiger partial charge in [0.25, 0.3) is 0 Å². The maximum Gasteiger partial charge on any atom is 0.0377 e. The molecule has 0 aromatic rings. The highest BCUT2D eigenvalue weighted by Gasteiger charge is 1.96. The van der Waals surface area contributed by atoms with Crippen molar-refractivity contribution in [2.24, 2.45) is 0 Å². The second-order valence-corrected chi connectivity index (χ2v) is 2.83. The van der Waals surface area contributed by atoms with Crippen molar-refractivity contribution in [2.75, 3.05) is 0 Å². The zero-order valence-corrected chi connectivity index (χ0v) is 7.79. The van der Waals surface area contributed by atoms with E-state index in [1.54, 1.807) is 12.2 Å². The number of nitrogens with one attached hydrogen (secondary N) is 1. The van der Waals surface area contributed by atoms with Gasteiger partial charge in [0.1, 0.15) is 0 Å². The van der Waals surface area contributed by atoms with Crippen molar-refractivity contribution in [2.45, 2.75) is 12.8 Å². The molecule has 1 aliphatic rings. The summed E-state index contributed by atoms with van der Waals surface area (Å²) in [5.74, 6) is 0. The first-order chi connectivity index (χ1) is 6.36. The first-order valence-electron chi connectivity index (χ1n) is 4.45. The third-order valence-corrected chi connectivity index (χ3v) is 1.80. The summed E-state index contributed by atoms with van der Waals surface area (Å²) in [5, 5.41) is 3.25. The average molecular weight is 173 g/mol. The Morgan fingerprint density at radius 1 is 1.38 bits per heavy atom. The van der Waals surface area contributed by atoms with Gasteiger partial charge in [0.05, 0.1) is 0 Å². The van der Waals surface area contributed by atoms with Crippen LogP contribution >= 0.6 is 0 Å². The van der Waals surface area contributed by atoms with Crippen molar-refractivity contribution in [1.82, 2.24) is 5.32 Å². The summed E-state index contributed by atoms with van der Waals surface area (Å²) in [4.78, 5) is 0. The summed E-state index contributed by atoms with van der Waals surface area (Å²) in [5.41, 5.74) is 2.12. The molecule has 0 bridgehead atoms. The van der Waals surface area contributed by atoms with Crippen LogP contribution in [0.3, 0.4) is 0 Å². The van der Waals surface area contributed by atoms with E-state index in [4.69, 9.17) is 0 Å². The Kier molecular flexibility index (Phi) is 3.83. The van der Waals surface area contributed by atoms with E-state index >= 15 is 0 Å². The van der Waals surface area contributed by atoms with Crippen molar-refractivity contribution in [3.8, 4) is 0 Å². The van der Waals surface area contributed by atoms with Gasteiger partial charge in [-0.15, -0.1) is 0 Å². The molecule has 1 aliphatic carbocycles. The monoisotopic (exact) mass is 173 g/mol. The number of rotatable bonds is 4. The first-order valence-corrected chi connectivity index (χ1v) is 4.45. The van der Waals surface area contributed by atoms with E-state index in [2.05, 4.69) is 36.7 Å². The molecule has 0 saturated carbocycles. The Morgan fingerprint density at radius 2 is 2.23 bits per heavy atom. The molecule has 0 aromatic heterocycles. The second-order valence-electron chi connectivity index (χ2n) is 2.83. The quantitative estimate of drug-likeness (QED) is 0.644. The molecule has 0 radical (unpaired) electrons. The largest absolute Gasteiger partial charge is 0.356 e. The van der Waals surface area contributed by atoms with E-state index in [-0.39, 0.29) is 0 Å².